The van der Waals surface area contributed by atoms with Crippen molar-refractivity contribution < 1.29 is 4.79 Å². The number of carbonyl (C=O) groups is 1. The molecule has 1 aromatic heterocycles. The number of thiophene rings is 1. The maximum Gasteiger partial charge on any atom is 0.315 e. The number of rotatable bonds is 4. The van der Waals surface area contributed by atoms with E-state index in [-0.39, 0.29) is 12.1 Å². The van der Waals surface area contributed by atoms with E-state index in [0.29, 0.717) is 6.54 Å². The van der Waals surface area contributed by atoms with Crippen LogP contribution < -0.4 is 10.6 Å². The van der Waals surface area contributed by atoms with E-state index in [9.17, 15) is 4.79 Å². The predicted molar refractivity (Wildman–Crippen MR) is 97.0 cm³/mol. The van der Waals surface area contributed by atoms with Crippen LogP contribution in [0.3, 0.4) is 0 Å². The molecule has 1 aromatic carbocycles. The summed E-state index contributed by atoms with van der Waals surface area (Å²) in [6, 6.07) is 10.4. The smallest absolute Gasteiger partial charge is 0.315 e. The van der Waals surface area contributed by atoms with E-state index < -0.39 is 0 Å². The molecule has 5 heteroatoms. The number of carbonyl (C=O) groups excluding carboxylic acids is 1. The number of hydrogen-bond acceptors (Lipinski definition) is 3. The lowest BCUT2D eigenvalue weighted by Gasteiger charge is -2.22. The van der Waals surface area contributed by atoms with Crippen LogP contribution in [0, 0.1) is 0 Å². The lowest BCUT2D eigenvalue weighted by molar-refractivity contribution is 0.238. The molecule has 2 aromatic rings. The predicted octanol–water partition coefficient (Wildman–Crippen LogP) is 3.52. The van der Waals surface area contributed by atoms with Crippen molar-refractivity contribution in [1.29, 1.82) is 0 Å². The number of likely N-dealkylation sites (N-methyl/N-ethyl adjacent to an activating group) is 1. The van der Waals surface area contributed by atoms with Crippen LogP contribution in [0.5, 0.6) is 0 Å². The minimum Gasteiger partial charge on any atom is -0.334 e. The van der Waals surface area contributed by atoms with Crippen LogP contribution in [0.15, 0.2) is 42.0 Å². The van der Waals surface area contributed by atoms with Gasteiger partial charge in [-0.2, -0.15) is 0 Å². The Morgan fingerprint density at radius 1 is 1.39 bits per heavy atom. The second kappa shape index (κ2) is 7.15. The lowest BCUT2D eigenvalue weighted by atomic mass is 10.1. The summed E-state index contributed by atoms with van der Waals surface area (Å²) in [6.45, 7) is 4.70. The SMILES string of the molecule is C[C@@H](NC(=O)NCC1=CCN(C)CC1)c1cc2ccccc2s1. The molecule has 1 aliphatic heterocycles. The molecule has 1 aliphatic rings. The first-order valence-corrected chi connectivity index (χ1v) is 8.83. The number of urea groups is 1. The Hall–Kier alpha value is -1.85. The zero-order valence-electron chi connectivity index (χ0n) is 13.6. The van der Waals surface area contributed by atoms with Gasteiger partial charge in [0.05, 0.1) is 6.04 Å². The lowest BCUT2D eigenvalue weighted by Crippen LogP contribution is -2.38. The van der Waals surface area contributed by atoms with Crippen LogP contribution >= 0.6 is 11.3 Å². The van der Waals surface area contributed by atoms with Crippen LogP contribution in [0.1, 0.15) is 24.3 Å². The van der Waals surface area contributed by atoms with Gasteiger partial charge >= 0.3 is 6.03 Å². The second-order valence-corrected chi connectivity index (χ2v) is 7.23. The van der Waals surface area contributed by atoms with E-state index in [1.165, 1.54) is 20.5 Å². The summed E-state index contributed by atoms with van der Waals surface area (Å²) >= 11 is 1.73. The summed E-state index contributed by atoms with van der Waals surface area (Å²) in [5.74, 6) is 0. The molecule has 1 atom stereocenters. The number of amides is 2. The first-order valence-electron chi connectivity index (χ1n) is 8.01. The first kappa shape index (κ1) is 16.0. The molecule has 0 aliphatic carbocycles. The van der Waals surface area contributed by atoms with Crippen molar-refractivity contribution in [3.8, 4) is 0 Å². The van der Waals surface area contributed by atoms with Gasteiger partial charge in [0.25, 0.3) is 0 Å². The van der Waals surface area contributed by atoms with Crippen molar-refractivity contribution in [2.75, 3.05) is 26.7 Å². The largest absolute Gasteiger partial charge is 0.334 e. The third-order valence-corrected chi connectivity index (χ3v) is 5.50. The Morgan fingerprint density at radius 3 is 2.96 bits per heavy atom. The highest BCUT2D eigenvalue weighted by Crippen LogP contribution is 2.29. The van der Waals surface area contributed by atoms with Crippen molar-refractivity contribution in [3.63, 3.8) is 0 Å². The summed E-state index contributed by atoms with van der Waals surface area (Å²) in [7, 11) is 2.11. The highest BCUT2D eigenvalue weighted by molar-refractivity contribution is 7.19. The molecule has 0 fully saturated rings. The fraction of sp³-hybridized carbons (Fsp3) is 0.389. The van der Waals surface area contributed by atoms with Crippen molar-refractivity contribution in [3.05, 3.63) is 46.9 Å². The molecule has 2 heterocycles. The number of nitrogens with zero attached hydrogens (tertiary/aromatic N) is 1. The first-order chi connectivity index (χ1) is 11.1. The molecule has 122 valence electrons. The number of hydrogen-bond donors (Lipinski definition) is 2. The summed E-state index contributed by atoms with van der Waals surface area (Å²) in [4.78, 5) is 15.5. The van der Waals surface area contributed by atoms with E-state index >= 15 is 0 Å². The highest BCUT2D eigenvalue weighted by Gasteiger charge is 2.13. The van der Waals surface area contributed by atoms with E-state index in [4.69, 9.17) is 0 Å². The molecule has 3 rings (SSSR count). The van der Waals surface area contributed by atoms with E-state index in [0.717, 1.165) is 19.5 Å². The third kappa shape index (κ3) is 4.12. The average Bonchev–Trinajstić information content (AvgIpc) is 2.98. The number of fused-ring (bicyclic) bond motifs is 1. The summed E-state index contributed by atoms with van der Waals surface area (Å²) < 4.78 is 1.26. The molecule has 0 unspecified atom stereocenters. The fourth-order valence-electron chi connectivity index (χ4n) is 2.70. The average molecular weight is 329 g/mol. The molecular weight excluding hydrogens is 306 g/mol. The zero-order valence-corrected chi connectivity index (χ0v) is 14.5. The van der Waals surface area contributed by atoms with E-state index in [2.05, 4.69) is 46.9 Å². The molecule has 0 bridgehead atoms. The minimum atomic E-state index is -0.102. The number of nitrogens with one attached hydrogen (secondary N) is 2. The zero-order chi connectivity index (χ0) is 16.2. The van der Waals surface area contributed by atoms with Gasteiger partial charge in [-0.05, 0) is 37.9 Å². The maximum absolute atomic E-state index is 12.1. The summed E-state index contributed by atoms with van der Waals surface area (Å²) in [5.41, 5.74) is 1.31. The normalized spacial score (nSPS) is 16.9. The van der Waals surface area contributed by atoms with Crippen LogP contribution in [-0.2, 0) is 0 Å². The van der Waals surface area contributed by atoms with Crippen LogP contribution in [0.4, 0.5) is 4.79 Å². The van der Waals surface area contributed by atoms with Crippen molar-refractivity contribution >= 4 is 27.5 Å². The maximum atomic E-state index is 12.1. The quantitative estimate of drug-likeness (QED) is 0.843. The fourth-order valence-corrected chi connectivity index (χ4v) is 3.77. The molecule has 0 saturated carbocycles. The second-order valence-electron chi connectivity index (χ2n) is 6.11. The van der Waals surface area contributed by atoms with Gasteiger partial charge in [-0.15, -0.1) is 11.3 Å². The van der Waals surface area contributed by atoms with E-state index in [1.807, 2.05) is 19.1 Å². The molecular formula is C18H23N3OS. The van der Waals surface area contributed by atoms with Gasteiger partial charge in [0.15, 0.2) is 0 Å². The molecule has 4 nitrogen and oxygen atoms in total. The topological polar surface area (TPSA) is 44.4 Å². The van der Waals surface area contributed by atoms with Gasteiger partial charge in [-0.1, -0.05) is 29.8 Å². The van der Waals surface area contributed by atoms with Crippen LogP contribution in [0.2, 0.25) is 0 Å². The van der Waals surface area contributed by atoms with Crippen LogP contribution in [-0.4, -0.2) is 37.6 Å². The Balaban J connectivity index is 1.53. The minimum absolute atomic E-state index is 0.0128. The highest BCUT2D eigenvalue weighted by atomic mass is 32.1. The van der Waals surface area contributed by atoms with Crippen molar-refractivity contribution in [2.45, 2.75) is 19.4 Å². The standard InChI is InChI=1S/C18H23N3OS/c1-13(17-11-15-5-3-4-6-16(15)23-17)20-18(22)19-12-14-7-9-21(2)10-8-14/h3-7,11,13H,8-10,12H2,1-2H3,(H2,19,20,22)/t13-/m1/s1. The summed E-state index contributed by atoms with van der Waals surface area (Å²) in [5, 5.41) is 7.23. The molecule has 0 radical (unpaired) electrons. The van der Waals surface area contributed by atoms with Gasteiger partial charge in [-0.25, -0.2) is 4.79 Å². The molecule has 2 amide bonds. The Kier molecular flexibility index (Phi) is 4.98. The van der Waals surface area contributed by atoms with Crippen LogP contribution in [0.25, 0.3) is 10.1 Å². The molecule has 23 heavy (non-hydrogen) atoms. The molecule has 0 saturated heterocycles. The van der Waals surface area contributed by atoms with Crippen molar-refractivity contribution in [1.82, 2.24) is 15.5 Å². The Labute approximate surface area is 141 Å². The van der Waals surface area contributed by atoms with Gasteiger partial charge in [0, 0.05) is 29.2 Å². The monoisotopic (exact) mass is 329 g/mol. The molecule has 0 spiro atoms. The Morgan fingerprint density at radius 2 is 2.22 bits per heavy atom. The van der Waals surface area contributed by atoms with Crippen molar-refractivity contribution in [2.24, 2.45) is 0 Å². The van der Waals surface area contributed by atoms with Gasteiger partial charge in [-0.3, -0.25) is 0 Å². The summed E-state index contributed by atoms with van der Waals surface area (Å²) in [6.07, 6.45) is 3.24. The van der Waals surface area contributed by atoms with Gasteiger partial charge < -0.3 is 15.5 Å². The Bertz CT molecular complexity index is 689. The third-order valence-electron chi connectivity index (χ3n) is 4.20. The van der Waals surface area contributed by atoms with E-state index in [1.54, 1.807) is 11.3 Å². The number of benzene rings is 1. The molecule has 2 N–H and O–H groups in total. The van der Waals surface area contributed by atoms with Gasteiger partial charge in [0.1, 0.15) is 0 Å². The van der Waals surface area contributed by atoms with Gasteiger partial charge in [0.2, 0.25) is 0 Å².